The van der Waals surface area contributed by atoms with Crippen molar-refractivity contribution >= 4 is 16.6 Å². The lowest BCUT2D eigenvalue weighted by Gasteiger charge is -2.21. The van der Waals surface area contributed by atoms with Gasteiger partial charge >= 0.3 is 0 Å². The Kier molecular flexibility index (Phi) is 2.14. The van der Waals surface area contributed by atoms with E-state index in [0.717, 1.165) is 5.39 Å². The molecule has 0 atom stereocenters. The van der Waals surface area contributed by atoms with E-state index in [1.54, 1.807) is 0 Å². The van der Waals surface area contributed by atoms with Crippen LogP contribution in [0.25, 0.3) is 10.8 Å². The van der Waals surface area contributed by atoms with Crippen LogP contribution in [-0.2, 0) is 5.41 Å². The van der Waals surface area contributed by atoms with Crippen LogP contribution in [0.3, 0.4) is 0 Å². The first-order valence-electron chi connectivity index (χ1n) is 5.14. The summed E-state index contributed by atoms with van der Waals surface area (Å²) in [5, 5.41) is 2.25. The summed E-state index contributed by atoms with van der Waals surface area (Å²) < 4.78 is 0. The minimum atomic E-state index is 0.0975. The van der Waals surface area contributed by atoms with E-state index in [0.29, 0.717) is 5.82 Å². The predicted octanol–water partition coefficient (Wildman–Crippen LogP) is 3.11. The first kappa shape index (κ1) is 9.97. The van der Waals surface area contributed by atoms with E-state index in [2.05, 4.69) is 31.8 Å². The van der Waals surface area contributed by atoms with E-state index < -0.39 is 0 Å². The zero-order chi connectivity index (χ0) is 11.1. The first-order valence-corrected chi connectivity index (χ1v) is 5.14. The van der Waals surface area contributed by atoms with Crippen LogP contribution < -0.4 is 5.73 Å². The van der Waals surface area contributed by atoms with Crippen LogP contribution in [0.2, 0.25) is 0 Å². The standard InChI is InChI=1S/C13H16N2/c1-13(2,3)11-8-15-12(14)10-7-5-4-6-9(10)11/h4-8H,1-3H3,(H2,14,15). The maximum Gasteiger partial charge on any atom is 0.131 e. The fourth-order valence-corrected chi connectivity index (χ4v) is 1.81. The van der Waals surface area contributed by atoms with E-state index in [9.17, 15) is 0 Å². The number of fused-ring (bicyclic) bond motifs is 1. The predicted molar refractivity (Wildman–Crippen MR) is 64.9 cm³/mol. The highest BCUT2D eigenvalue weighted by Crippen LogP contribution is 2.31. The molecule has 0 saturated carbocycles. The molecule has 15 heavy (non-hydrogen) atoms. The molecule has 0 unspecified atom stereocenters. The lowest BCUT2D eigenvalue weighted by molar-refractivity contribution is 0.593. The van der Waals surface area contributed by atoms with Gasteiger partial charge < -0.3 is 5.73 Å². The number of nitrogen functional groups attached to an aromatic ring is 1. The largest absolute Gasteiger partial charge is 0.383 e. The Morgan fingerprint density at radius 1 is 1.07 bits per heavy atom. The third-order valence-corrected chi connectivity index (χ3v) is 2.63. The number of nitrogens with zero attached hydrogens (tertiary/aromatic N) is 1. The lowest BCUT2D eigenvalue weighted by Crippen LogP contribution is -2.12. The maximum atomic E-state index is 5.86. The van der Waals surface area contributed by atoms with Gasteiger partial charge in [-0.25, -0.2) is 4.98 Å². The molecule has 0 aliphatic heterocycles. The molecule has 0 aliphatic rings. The average molecular weight is 200 g/mol. The van der Waals surface area contributed by atoms with Crippen LogP contribution in [0.4, 0.5) is 5.82 Å². The molecule has 0 bridgehead atoms. The minimum absolute atomic E-state index is 0.0975. The number of benzene rings is 1. The van der Waals surface area contributed by atoms with Crippen molar-refractivity contribution in [1.82, 2.24) is 4.98 Å². The number of aromatic nitrogens is 1. The van der Waals surface area contributed by atoms with Gasteiger partial charge in [0.05, 0.1) is 0 Å². The van der Waals surface area contributed by atoms with E-state index in [1.165, 1.54) is 10.9 Å². The van der Waals surface area contributed by atoms with Gasteiger partial charge in [0.2, 0.25) is 0 Å². The summed E-state index contributed by atoms with van der Waals surface area (Å²) in [6.07, 6.45) is 1.89. The van der Waals surface area contributed by atoms with Gasteiger partial charge in [0.1, 0.15) is 5.82 Å². The van der Waals surface area contributed by atoms with E-state index >= 15 is 0 Å². The summed E-state index contributed by atoms with van der Waals surface area (Å²) >= 11 is 0. The molecule has 0 radical (unpaired) electrons. The first-order chi connectivity index (χ1) is 7.00. The Morgan fingerprint density at radius 2 is 1.67 bits per heavy atom. The van der Waals surface area contributed by atoms with Crippen molar-refractivity contribution in [3.8, 4) is 0 Å². The number of pyridine rings is 1. The topological polar surface area (TPSA) is 38.9 Å². The highest BCUT2D eigenvalue weighted by molar-refractivity contribution is 5.93. The normalized spacial score (nSPS) is 11.9. The second kappa shape index (κ2) is 3.23. The molecule has 2 aromatic rings. The number of anilines is 1. The second-order valence-corrected chi connectivity index (χ2v) is 4.85. The highest BCUT2D eigenvalue weighted by atomic mass is 14.8. The van der Waals surface area contributed by atoms with Gasteiger partial charge in [-0.2, -0.15) is 0 Å². The molecular weight excluding hydrogens is 184 g/mol. The van der Waals surface area contributed by atoms with Crippen molar-refractivity contribution < 1.29 is 0 Å². The summed E-state index contributed by atoms with van der Waals surface area (Å²) in [7, 11) is 0. The summed E-state index contributed by atoms with van der Waals surface area (Å²) in [6.45, 7) is 6.56. The molecule has 1 heterocycles. The Bertz CT molecular complexity index is 495. The number of rotatable bonds is 0. The molecule has 0 amide bonds. The van der Waals surface area contributed by atoms with Gasteiger partial charge in [-0.1, -0.05) is 45.0 Å². The maximum absolute atomic E-state index is 5.86. The van der Waals surface area contributed by atoms with Crippen LogP contribution in [0.5, 0.6) is 0 Å². The Labute approximate surface area is 90.1 Å². The average Bonchev–Trinajstić information content (AvgIpc) is 2.17. The summed E-state index contributed by atoms with van der Waals surface area (Å²) in [4.78, 5) is 4.25. The van der Waals surface area contributed by atoms with Gasteiger partial charge in [0.15, 0.2) is 0 Å². The zero-order valence-corrected chi connectivity index (χ0v) is 9.41. The lowest BCUT2D eigenvalue weighted by atomic mass is 9.85. The highest BCUT2D eigenvalue weighted by Gasteiger charge is 2.17. The van der Waals surface area contributed by atoms with Crippen LogP contribution in [-0.4, -0.2) is 4.98 Å². The number of nitrogens with two attached hydrogens (primary N) is 1. The Morgan fingerprint density at radius 3 is 2.27 bits per heavy atom. The van der Waals surface area contributed by atoms with Crippen molar-refractivity contribution in [3.63, 3.8) is 0 Å². The van der Waals surface area contributed by atoms with Gasteiger partial charge in [0.25, 0.3) is 0 Å². The van der Waals surface area contributed by atoms with Crippen molar-refractivity contribution in [3.05, 3.63) is 36.0 Å². The minimum Gasteiger partial charge on any atom is -0.383 e. The molecule has 0 saturated heterocycles. The van der Waals surface area contributed by atoms with Gasteiger partial charge in [-0.15, -0.1) is 0 Å². The third kappa shape index (κ3) is 1.67. The molecule has 2 rings (SSSR count). The molecule has 78 valence electrons. The quantitative estimate of drug-likeness (QED) is 0.709. The fourth-order valence-electron chi connectivity index (χ4n) is 1.81. The Balaban J connectivity index is 2.84. The van der Waals surface area contributed by atoms with Crippen LogP contribution >= 0.6 is 0 Å². The van der Waals surface area contributed by atoms with E-state index in [1.807, 2.05) is 24.4 Å². The van der Waals surface area contributed by atoms with Crippen LogP contribution in [0, 0.1) is 0 Å². The van der Waals surface area contributed by atoms with Crippen molar-refractivity contribution in [2.75, 3.05) is 5.73 Å². The molecule has 1 aromatic carbocycles. The molecule has 2 nitrogen and oxygen atoms in total. The van der Waals surface area contributed by atoms with E-state index in [4.69, 9.17) is 5.73 Å². The summed E-state index contributed by atoms with van der Waals surface area (Å²) in [5.41, 5.74) is 7.20. The van der Waals surface area contributed by atoms with E-state index in [-0.39, 0.29) is 5.41 Å². The smallest absolute Gasteiger partial charge is 0.131 e. The monoisotopic (exact) mass is 200 g/mol. The van der Waals surface area contributed by atoms with Gasteiger partial charge in [0, 0.05) is 11.6 Å². The molecule has 1 aromatic heterocycles. The molecule has 0 spiro atoms. The number of hydrogen-bond donors (Lipinski definition) is 1. The SMILES string of the molecule is CC(C)(C)c1cnc(N)c2ccccc12. The molecular formula is C13H16N2. The van der Waals surface area contributed by atoms with Crippen LogP contribution in [0.15, 0.2) is 30.5 Å². The van der Waals surface area contributed by atoms with Crippen molar-refractivity contribution in [2.45, 2.75) is 26.2 Å². The van der Waals surface area contributed by atoms with Gasteiger partial charge in [-0.05, 0) is 16.4 Å². The van der Waals surface area contributed by atoms with Crippen LogP contribution in [0.1, 0.15) is 26.3 Å². The second-order valence-electron chi connectivity index (χ2n) is 4.85. The van der Waals surface area contributed by atoms with Gasteiger partial charge in [-0.3, -0.25) is 0 Å². The Hall–Kier alpha value is -1.57. The number of hydrogen-bond acceptors (Lipinski definition) is 2. The molecule has 0 aliphatic carbocycles. The van der Waals surface area contributed by atoms with Crippen molar-refractivity contribution in [1.29, 1.82) is 0 Å². The van der Waals surface area contributed by atoms with Crippen molar-refractivity contribution in [2.24, 2.45) is 0 Å². The summed E-state index contributed by atoms with van der Waals surface area (Å²) in [6, 6.07) is 8.16. The molecule has 0 fully saturated rings. The fraction of sp³-hybridized carbons (Fsp3) is 0.308. The summed E-state index contributed by atoms with van der Waals surface area (Å²) in [5.74, 6) is 0.610. The zero-order valence-electron chi connectivity index (χ0n) is 9.41. The molecule has 2 N–H and O–H groups in total. The third-order valence-electron chi connectivity index (χ3n) is 2.63. The molecule has 2 heteroatoms.